The molecule has 0 aliphatic heterocycles. The maximum atomic E-state index is 13.0. The highest BCUT2D eigenvalue weighted by Gasteiger charge is 2.20. The van der Waals surface area contributed by atoms with E-state index in [0.717, 1.165) is 4.09 Å². The molecule has 0 unspecified atom stereocenters. The molecule has 0 amide bonds. The molecule has 0 aliphatic rings. The van der Waals surface area contributed by atoms with Crippen molar-refractivity contribution in [1.82, 2.24) is 9.19 Å². The standard InChI is InChI=1S/C15H11ClFN3O2S/c16-11-3-7-13(8-4-11)23(21,22)20-9-14(15(18)19-20)10-1-5-12(17)6-2-10/h1-9H,(H2,18,19). The van der Waals surface area contributed by atoms with E-state index in [9.17, 15) is 12.8 Å². The summed E-state index contributed by atoms with van der Waals surface area (Å²) in [5.41, 5.74) is 6.77. The molecule has 1 aromatic heterocycles. The first-order valence-electron chi connectivity index (χ1n) is 6.50. The van der Waals surface area contributed by atoms with Gasteiger partial charge in [-0.15, -0.1) is 5.10 Å². The van der Waals surface area contributed by atoms with Gasteiger partial charge in [0.1, 0.15) is 5.82 Å². The van der Waals surface area contributed by atoms with Crippen LogP contribution in [0.1, 0.15) is 0 Å². The fourth-order valence-corrected chi connectivity index (χ4v) is 3.32. The van der Waals surface area contributed by atoms with E-state index in [2.05, 4.69) is 5.10 Å². The molecular formula is C15H11ClFN3O2S. The summed E-state index contributed by atoms with van der Waals surface area (Å²) in [4.78, 5) is 0.0371. The van der Waals surface area contributed by atoms with E-state index in [4.69, 9.17) is 17.3 Å². The molecule has 8 heteroatoms. The topological polar surface area (TPSA) is 78.0 Å². The summed E-state index contributed by atoms with van der Waals surface area (Å²) in [6.07, 6.45) is 1.30. The Morgan fingerprint density at radius 1 is 1.04 bits per heavy atom. The summed E-state index contributed by atoms with van der Waals surface area (Å²) in [7, 11) is -3.88. The Labute approximate surface area is 137 Å². The third-order valence-corrected chi connectivity index (χ3v) is 5.03. The maximum absolute atomic E-state index is 13.0. The number of benzene rings is 2. The SMILES string of the molecule is Nc1nn(S(=O)(=O)c2ccc(Cl)cc2)cc1-c1ccc(F)cc1. The van der Waals surface area contributed by atoms with Crippen molar-refractivity contribution >= 4 is 27.4 Å². The van der Waals surface area contributed by atoms with Gasteiger partial charge in [-0.25, -0.2) is 4.39 Å². The lowest BCUT2D eigenvalue weighted by Crippen LogP contribution is -2.13. The molecule has 5 nitrogen and oxygen atoms in total. The number of hydrogen-bond acceptors (Lipinski definition) is 4. The Morgan fingerprint density at radius 2 is 1.65 bits per heavy atom. The zero-order valence-electron chi connectivity index (χ0n) is 11.6. The first-order valence-corrected chi connectivity index (χ1v) is 8.32. The largest absolute Gasteiger partial charge is 0.382 e. The van der Waals surface area contributed by atoms with Crippen molar-refractivity contribution in [3.8, 4) is 11.1 Å². The van der Waals surface area contributed by atoms with E-state index in [1.807, 2.05) is 0 Å². The highest BCUT2D eigenvalue weighted by atomic mass is 35.5. The summed E-state index contributed by atoms with van der Waals surface area (Å²) in [6, 6.07) is 11.2. The van der Waals surface area contributed by atoms with Crippen LogP contribution in [0.4, 0.5) is 10.2 Å². The van der Waals surface area contributed by atoms with Gasteiger partial charge in [0.25, 0.3) is 10.0 Å². The quantitative estimate of drug-likeness (QED) is 0.786. The Morgan fingerprint density at radius 3 is 2.26 bits per heavy atom. The van der Waals surface area contributed by atoms with Crippen molar-refractivity contribution in [2.24, 2.45) is 0 Å². The van der Waals surface area contributed by atoms with Crippen LogP contribution in [0, 0.1) is 5.82 Å². The van der Waals surface area contributed by atoms with Crippen molar-refractivity contribution < 1.29 is 12.8 Å². The molecule has 0 aliphatic carbocycles. The molecule has 0 saturated carbocycles. The third kappa shape index (κ3) is 2.93. The lowest BCUT2D eigenvalue weighted by Gasteiger charge is -2.03. The summed E-state index contributed by atoms with van der Waals surface area (Å²) in [5, 5.41) is 4.29. The van der Waals surface area contributed by atoms with Gasteiger partial charge in [-0.05, 0) is 42.0 Å². The minimum Gasteiger partial charge on any atom is -0.382 e. The van der Waals surface area contributed by atoms with Crippen LogP contribution in [-0.4, -0.2) is 17.6 Å². The molecule has 3 rings (SSSR count). The van der Waals surface area contributed by atoms with Crippen LogP contribution in [0.25, 0.3) is 11.1 Å². The van der Waals surface area contributed by atoms with Crippen molar-refractivity contribution in [3.63, 3.8) is 0 Å². The molecular weight excluding hydrogens is 341 g/mol. The molecule has 0 bridgehead atoms. The molecule has 1 heterocycles. The Balaban J connectivity index is 2.06. The fourth-order valence-electron chi connectivity index (χ4n) is 2.06. The van der Waals surface area contributed by atoms with Crippen molar-refractivity contribution in [2.45, 2.75) is 4.90 Å². The van der Waals surface area contributed by atoms with Crippen LogP contribution >= 0.6 is 11.6 Å². The zero-order chi connectivity index (χ0) is 16.6. The summed E-state index contributed by atoms with van der Waals surface area (Å²) >= 11 is 5.76. The van der Waals surface area contributed by atoms with Gasteiger partial charge in [0.15, 0.2) is 5.82 Å². The molecule has 3 aromatic rings. The van der Waals surface area contributed by atoms with Gasteiger partial charge >= 0.3 is 0 Å². The van der Waals surface area contributed by atoms with Crippen LogP contribution < -0.4 is 5.73 Å². The van der Waals surface area contributed by atoms with Gasteiger partial charge in [0.05, 0.1) is 11.1 Å². The molecule has 0 spiro atoms. The fraction of sp³-hybridized carbons (Fsp3) is 0. The Bertz CT molecular complexity index is 951. The van der Waals surface area contributed by atoms with E-state index in [0.29, 0.717) is 16.1 Å². The van der Waals surface area contributed by atoms with E-state index in [1.165, 1.54) is 54.7 Å². The molecule has 0 radical (unpaired) electrons. The second kappa shape index (κ2) is 5.68. The lowest BCUT2D eigenvalue weighted by atomic mass is 10.1. The van der Waals surface area contributed by atoms with Crippen LogP contribution in [0.2, 0.25) is 5.02 Å². The third-order valence-electron chi connectivity index (χ3n) is 3.23. The maximum Gasteiger partial charge on any atom is 0.283 e. The summed E-state index contributed by atoms with van der Waals surface area (Å²) in [6.45, 7) is 0. The smallest absolute Gasteiger partial charge is 0.283 e. The van der Waals surface area contributed by atoms with E-state index in [-0.39, 0.29) is 10.7 Å². The average molecular weight is 352 g/mol. The summed E-state index contributed by atoms with van der Waals surface area (Å²) < 4.78 is 38.9. The molecule has 0 atom stereocenters. The number of anilines is 1. The molecule has 23 heavy (non-hydrogen) atoms. The Hall–Kier alpha value is -2.38. The normalized spacial score (nSPS) is 11.6. The van der Waals surface area contributed by atoms with Gasteiger partial charge in [-0.1, -0.05) is 23.7 Å². The van der Waals surface area contributed by atoms with Gasteiger partial charge in [0, 0.05) is 10.6 Å². The average Bonchev–Trinajstić information content (AvgIpc) is 2.91. The molecule has 2 aromatic carbocycles. The minimum atomic E-state index is -3.88. The predicted molar refractivity (Wildman–Crippen MR) is 86.1 cm³/mol. The number of halogens is 2. The molecule has 2 N–H and O–H groups in total. The second-order valence-corrected chi connectivity index (χ2v) is 7.00. The van der Waals surface area contributed by atoms with E-state index < -0.39 is 15.8 Å². The first-order chi connectivity index (χ1) is 10.9. The van der Waals surface area contributed by atoms with Crippen molar-refractivity contribution in [3.05, 3.63) is 65.6 Å². The molecule has 0 fully saturated rings. The number of nitrogens with zero attached hydrogens (tertiary/aromatic N) is 2. The van der Waals surface area contributed by atoms with Crippen LogP contribution in [0.15, 0.2) is 59.6 Å². The van der Waals surface area contributed by atoms with Gasteiger partial charge in [-0.2, -0.15) is 12.5 Å². The zero-order valence-corrected chi connectivity index (χ0v) is 13.2. The van der Waals surface area contributed by atoms with Crippen molar-refractivity contribution in [2.75, 3.05) is 5.73 Å². The Kier molecular flexibility index (Phi) is 3.83. The van der Waals surface area contributed by atoms with E-state index in [1.54, 1.807) is 0 Å². The van der Waals surface area contributed by atoms with Gasteiger partial charge in [0.2, 0.25) is 0 Å². The van der Waals surface area contributed by atoms with Crippen LogP contribution in [0.3, 0.4) is 0 Å². The second-order valence-electron chi connectivity index (χ2n) is 4.77. The monoisotopic (exact) mass is 351 g/mol. The van der Waals surface area contributed by atoms with Gasteiger partial charge in [-0.3, -0.25) is 0 Å². The van der Waals surface area contributed by atoms with Crippen LogP contribution in [0.5, 0.6) is 0 Å². The summed E-state index contributed by atoms with van der Waals surface area (Å²) in [5.74, 6) is -0.359. The van der Waals surface area contributed by atoms with Gasteiger partial charge < -0.3 is 5.73 Å². The highest BCUT2D eigenvalue weighted by molar-refractivity contribution is 7.89. The molecule has 118 valence electrons. The molecule has 0 saturated heterocycles. The number of nitrogen functional groups attached to an aromatic ring is 1. The number of hydrogen-bond donors (Lipinski definition) is 1. The lowest BCUT2D eigenvalue weighted by molar-refractivity contribution is 0.580. The number of nitrogens with two attached hydrogens (primary N) is 1. The highest BCUT2D eigenvalue weighted by Crippen LogP contribution is 2.27. The minimum absolute atomic E-state index is 0.0362. The van der Waals surface area contributed by atoms with E-state index >= 15 is 0 Å². The number of rotatable bonds is 3. The van der Waals surface area contributed by atoms with Crippen molar-refractivity contribution in [1.29, 1.82) is 0 Å². The van der Waals surface area contributed by atoms with Crippen LogP contribution in [-0.2, 0) is 10.0 Å². The first kappa shape index (κ1) is 15.5. The number of aromatic nitrogens is 2. The predicted octanol–water partition coefficient (Wildman–Crippen LogP) is 3.16.